The van der Waals surface area contributed by atoms with E-state index in [4.69, 9.17) is 16.3 Å². The van der Waals surface area contributed by atoms with Gasteiger partial charge in [0.25, 0.3) is 0 Å². The van der Waals surface area contributed by atoms with Crippen LogP contribution in [-0.4, -0.2) is 28.4 Å². The highest BCUT2D eigenvalue weighted by Crippen LogP contribution is 2.24. The Morgan fingerprint density at radius 1 is 1.23 bits per heavy atom. The Labute approximate surface area is 161 Å². The number of carbonyl (C=O) groups excluding carboxylic acids is 1. The number of carbonyl (C=O) groups is 1. The van der Waals surface area contributed by atoms with Crippen molar-refractivity contribution in [1.29, 1.82) is 0 Å². The van der Waals surface area contributed by atoms with Crippen molar-refractivity contribution in [3.63, 3.8) is 0 Å². The topological polar surface area (TPSA) is 64.1 Å². The van der Waals surface area contributed by atoms with Gasteiger partial charge < -0.3 is 10.1 Å². The maximum Gasteiger partial charge on any atom is 0.230 e. The van der Waals surface area contributed by atoms with Crippen LogP contribution in [0.15, 0.2) is 54.2 Å². The summed E-state index contributed by atoms with van der Waals surface area (Å²) in [5, 5.41) is 5.34. The number of hydrogen-bond donors (Lipinski definition) is 1. The summed E-state index contributed by atoms with van der Waals surface area (Å²) in [6.07, 6.45) is 4.48. The van der Waals surface area contributed by atoms with Crippen LogP contribution in [0.5, 0.6) is 5.75 Å². The van der Waals surface area contributed by atoms with Crippen molar-refractivity contribution in [2.75, 3.05) is 17.8 Å². The molecule has 0 aliphatic carbocycles. The van der Waals surface area contributed by atoms with Crippen molar-refractivity contribution in [3.05, 3.63) is 59.7 Å². The quantitative estimate of drug-likeness (QED) is 0.459. The zero-order valence-electron chi connectivity index (χ0n) is 14.0. The average Bonchev–Trinajstić information content (AvgIpc) is 3.11. The molecule has 1 aromatic carbocycles. The molecule has 26 heavy (non-hydrogen) atoms. The first-order chi connectivity index (χ1) is 12.7. The van der Waals surface area contributed by atoms with Crippen LogP contribution in [0.1, 0.15) is 12.0 Å². The second-order valence-corrected chi connectivity index (χ2v) is 6.77. The van der Waals surface area contributed by atoms with Gasteiger partial charge in [0.05, 0.1) is 18.7 Å². The highest BCUT2D eigenvalue weighted by Gasteiger charge is 2.09. The minimum atomic E-state index is -0.112. The van der Waals surface area contributed by atoms with E-state index >= 15 is 0 Å². The molecule has 134 valence electrons. The summed E-state index contributed by atoms with van der Waals surface area (Å²) in [4.78, 5) is 20.7. The first-order valence-corrected chi connectivity index (χ1v) is 9.59. The summed E-state index contributed by atoms with van der Waals surface area (Å²) < 4.78 is 5.61. The van der Waals surface area contributed by atoms with Gasteiger partial charge in [0.1, 0.15) is 5.75 Å². The largest absolute Gasteiger partial charge is 0.494 e. The molecule has 0 aliphatic heterocycles. The molecule has 0 fully saturated rings. The second kappa shape index (κ2) is 9.31. The van der Waals surface area contributed by atoms with Crippen molar-refractivity contribution >= 4 is 34.0 Å². The summed E-state index contributed by atoms with van der Waals surface area (Å²) in [7, 11) is 0. The molecule has 1 N–H and O–H groups in total. The Morgan fingerprint density at radius 2 is 2.08 bits per heavy atom. The number of nitrogens with one attached hydrogen (secondary N) is 1. The maximum absolute atomic E-state index is 12.3. The van der Waals surface area contributed by atoms with Gasteiger partial charge in [-0.25, -0.2) is 4.98 Å². The molecule has 0 atom stereocenters. The van der Waals surface area contributed by atoms with Crippen LogP contribution in [0.25, 0.3) is 11.3 Å². The van der Waals surface area contributed by atoms with Gasteiger partial charge in [-0.05, 0) is 36.2 Å². The van der Waals surface area contributed by atoms with Crippen molar-refractivity contribution in [2.24, 2.45) is 0 Å². The maximum atomic E-state index is 12.3. The molecule has 0 spiro atoms. The summed E-state index contributed by atoms with van der Waals surface area (Å²) >= 11 is 7.04. The van der Waals surface area contributed by atoms with Crippen LogP contribution >= 0.6 is 22.9 Å². The van der Waals surface area contributed by atoms with Crippen molar-refractivity contribution in [3.8, 4) is 17.0 Å². The van der Waals surface area contributed by atoms with Crippen molar-refractivity contribution in [1.82, 2.24) is 9.97 Å². The number of halogens is 1. The smallest absolute Gasteiger partial charge is 0.230 e. The van der Waals surface area contributed by atoms with Gasteiger partial charge in [0.15, 0.2) is 5.13 Å². The molecule has 2 heterocycles. The minimum absolute atomic E-state index is 0.112. The Balaban J connectivity index is 1.57. The van der Waals surface area contributed by atoms with Gasteiger partial charge in [-0.1, -0.05) is 12.1 Å². The molecule has 1 amide bonds. The number of hydrogen-bond acceptors (Lipinski definition) is 5. The van der Waals surface area contributed by atoms with E-state index < -0.39 is 0 Å². The lowest BCUT2D eigenvalue weighted by molar-refractivity contribution is -0.115. The Morgan fingerprint density at radius 3 is 2.88 bits per heavy atom. The third kappa shape index (κ3) is 5.28. The summed E-state index contributed by atoms with van der Waals surface area (Å²) in [5.41, 5.74) is 2.68. The third-order valence-corrected chi connectivity index (χ3v) is 4.56. The number of aromatic nitrogens is 2. The molecular formula is C19H18ClN3O2S. The standard InChI is InChI=1S/C19H18ClN3O2S/c20-7-2-10-25-16-4-1-3-14(11-16)12-18(24)23-19-22-17(13-26-19)15-5-8-21-9-6-15/h1,3-6,8-9,11,13H,2,7,10,12H2,(H,22,23,24). The molecule has 0 bridgehead atoms. The second-order valence-electron chi connectivity index (χ2n) is 5.54. The fourth-order valence-electron chi connectivity index (χ4n) is 2.33. The lowest BCUT2D eigenvalue weighted by Crippen LogP contribution is -2.14. The van der Waals surface area contributed by atoms with Gasteiger partial charge in [-0.15, -0.1) is 22.9 Å². The number of alkyl halides is 1. The molecular weight excluding hydrogens is 370 g/mol. The van der Waals surface area contributed by atoms with Crippen LogP contribution in [0.3, 0.4) is 0 Å². The molecule has 5 nitrogen and oxygen atoms in total. The zero-order chi connectivity index (χ0) is 18.2. The van der Waals surface area contributed by atoms with E-state index in [-0.39, 0.29) is 12.3 Å². The normalized spacial score (nSPS) is 10.5. The monoisotopic (exact) mass is 387 g/mol. The molecule has 0 unspecified atom stereocenters. The Bertz CT molecular complexity index is 855. The summed E-state index contributed by atoms with van der Waals surface area (Å²) in [6, 6.07) is 11.3. The molecule has 0 saturated carbocycles. The van der Waals surface area contributed by atoms with E-state index in [1.54, 1.807) is 12.4 Å². The highest BCUT2D eigenvalue weighted by atomic mass is 35.5. The summed E-state index contributed by atoms with van der Waals surface area (Å²) in [5.74, 6) is 1.20. The summed E-state index contributed by atoms with van der Waals surface area (Å²) in [6.45, 7) is 0.566. The van der Waals surface area contributed by atoms with E-state index in [0.29, 0.717) is 17.6 Å². The molecule has 3 aromatic rings. The number of nitrogens with zero attached hydrogens (tertiary/aromatic N) is 2. The predicted molar refractivity (Wildman–Crippen MR) is 105 cm³/mol. The fraction of sp³-hybridized carbons (Fsp3) is 0.211. The van der Waals surface area contributed by atoms with Crippen molar-refractivity contribution in [2.45, 2.75) is 12.8 Å². The van der Waals surface area contributed by atoms with Crippen LogP contribution < -0.4 is 10.1 Å². The number of anilines is 1. The molecule has 7 heteroatoms. The SMILES string of the molecule is O=C(Cc1cccc(OCCCCl)c1)Nc1nc(-c2ccncc2)cs1. The third-order valence-electron chi connectivity index (χ3n) is 3.54. The van der Waals surface area contributed by atoms with E-state index in [2.05, 4.69) is 15.3 Å². The molecule has 3 rings (SSSR count). The molecule has 2 aromatic heterocycles. The number of amides is 1. The number of benzene rings is 1. The molecule has 0 radical (unpaired) electrons. The number of pyridine rings is 1. The van der Waals surface area contributed by atoms with Crippen LogP contribution in [-0.2, 0) is 11.2 Å². The zero-order valence-corrected chi connectivity index (χ0v) is 15.6. The number of thiazole rings is 1. The lowest BCUT2D eigenvalue weighted by atomic mass is 10.1. The predicted octanol–water partition coefficient (Wildman–Crippen LogP) is 4.39. The first kappa shape index (κ1) is 18.4. The van der Waals surface area contributed by atoms with Gasteiger partial charge in [0, 0.05) is 29.2 Å². The van der Waals surface area contributed by atoms with Gasteiger partial charge in [-0.2, -0.15) is 0 Å². The van der Waals surface area contributed by atoms with E-state index in [0.717, 1.165) is 29.0 Å². The van der Waals surface area contributed by atoms with E-state index in [1.807, 2.05) is 41.8 Å². The van der Waals surface area contributed by atoms with Crippen molar-refractivity contribution < 1.29 is 9.53 Å². The number of ether oxygens (including phenoxy) is 1. The molecule has 0 aliphatic rings. The Hall–Kier alpha value is -2.44. The lowest BCUT2D eigenvalue weighted by Gasteiger charge is -2.07. The fourth-order valence-corrected chi connectivity index (χ4v) is 3.17. The van der Waals surface area contributed by atoms with Crippen LogP contribution in [0, 0.1) is 0 Å². The Kier molecular flexibility index (Phi) is 6.57. The van der Waals surface area contributed by atoms with Crippen LogP contribution in [0.4, 0.5) is 5.13 Å². The van der Waals surface area contributed by atoms with Gasteiger partial charge >= 0.3 is 0 Å². The minimum Gasteiger partial charge on any atom is -0.494 e. The first-order valence-electron chi connectivity index (χ1n) is 8.18. The average molecular weight is 388 g/mol. The van der Waals surface area contributed by atoms with Crippen LogP contribution in [0.2, 0.25) is 0 Å². The highest BCUT2D eigenvalue weighted by molar-refractivity contribution is 7.14. The van der Waals surface area contributed by atoms with E-state index in [1.165, 1.54) is 11.3 Å². The van der Waals surface area contributed by atoms with E-state index in [9.17, 15) is 4.79 Å². The van der Waals surface area contributed by atoms with Gasteiger partial charge in [-0.3, -0.25) is 9.78 Å². The van der Waals surface area contributed by atoms with Gasteiger partial charge in [0.2, 0.25) is 5.91 Å². The number of rotatable bonds is 8. The molecule has 0 saturated heterocycles.